The molecule has 1 aliphatic rings. The molecule has 1 amide bonds. The Balaban J connectivity index is 1.40. The average Bonchev–Trinajstić information content (AvgIpc) is 3.30. The first-order valence-electron chi connectivity index (χ1n) is 9.35. The van der Waals surface area contributed by atoms with Crippen molar-refractivity contribution in [2.75, 3.05) is 35.8 Å². The van der Waals surface area contributed by atoms with E-state index in [0.29, 0.717) is 31.7 Å². The molecule has 2 aromatic carbocycles. The van der Waals surface area contributed by atoms with Crippen LogP contribution in [0.15, 0.2) is 58.9 Å². The number of hydrogen-bond donors (Lipinski definition) is 1. The van der Waals surface area contributed by atoms with Crippen molar-refractivity contribution in [2.45, 2.75) is 4.90 Å². The van der Waals surface area contributed by atoms with Crippen molar-refractivity contribution in [3.05, 3.63) is 70.4 Å². The van der Waals surface area contributed by atoms with Crippen LogP contribution in [0.3, 0.4) is 0 Å². The molecule has 162 valence electrons. The summed E-state index contributed by atoms with van der Waals surface area (Å²) in [6.07, 6.45) is 1.76. The summed E-state index contributed by atoms with van der Waals surface area (Å²) in [6.45, 7) is 2.57. The average molecular weight is 481 g/mol. The molecule has 0 bridgehead atoms. The van der Waals surface area contributed by atoms with Crippen molar-refractivity contribution in [3.63, 3.8) is 0 Å². The van der Waals surface area contributed by atoms with E-state index in [0.717, 1.165) is 23.3 Å². The van der Waals surface area contributed by atoms with Gasteiger partial charge in [0.25, 0.3) is 15.9 Å². The number of halogens is 2. The maximum atomic E-state index is 13.3. The van der Waals surface area contributed by atoms with Crippen LogP contribution in [0.1, 0.15) is 10.4 Å². The number of aromatic nitrogens is 1. The number of carbonyl (C=O) groups excluding carboxylic acids is 1. The van der Waals surface area contributed by atoms with E-state index in [9.17, 15) is 17.6 Å². The second-order valence-electron chi connectivity index (χ2n) is 6.85. The third-order valence-electron chi connectivity index (χ3n) is 4.84. The lowest BCUT2D eigenvalue weighted by Crippen LogP contribution is -2.48. The molecule has 1 N–H and O–H groups in total. The molecule has 1 aromatic heterocycles. The Morgan fingerprint density at radius 2 is 1.81 bits per heavy atom. The third-order valence-corrected chi connectivity index (χ3v) is 7.34. The predicted molar refractivity (Wildman–Crippen MR) is 119 cm³/mol. The lowest BCUT2D eigenvalue weighted by molar-refractivity contribution is 0.0747. The number of nitrogens with one attached hydrogen (secondary N) is 1. The lowest BCUT2D eigenvalue weighted by Gasteiger charge is -2.34. The van der Waals surface area contributed by atoms with Crippen molar-refractivity contribution in [3.8, 4) is 0 Å². The summed E-state index contributed by atoms with van der Waals surface area (Å²) in [5, 5.41) is 2.60. The molecular formula is C20H18ClFN4O3S2. The van der Waals surface area contributed by atoms with Crippen LogP contribution in [0.5, 0.6) is 0 Å². The van der Waals surface area contributed by atoms with Gasteiger partial charge in [0.15, 0.2) is 5.13 Å². The molecule has 0 spiro atoms. The molecule has 31 heavy (non-hydrogen) atoms. The molecule has 0 radical (unpaired) electrons. The zero-order valence-electron chi connectivity index (χ0n) is 16.2. The van der Waals surface area contributed by atoms with Crippen molar-refractivity contribution >= 4 is 49.7 Å². The first-order valence-corrected chi connectivity index (χ1v) is 12.1. The summed E-state index contributed by atoms with van der Waals surface area (Å²) in [5.74, 6) is -0.811. The van der Waals surface area contributed by atoms with Gasteiger partial charge in [-0.2, -0.15) is 0 Å². The van der Waals surface area contributed by atoms with Crippen LogP contribution in [0.2, 0.25) is 5.02 Å². The molecule has 1 fully saturated rings. The van der Waals surface area contributed by atoms with Gasteiger partial charge in [0.05, 0.1) is 9.92 Å². The van der Waals surface area contributed by atoms with E-state index < -0.39 is 15.8 Å². The van der Waals surface area contributed by atoms with Gasteiger partial charge in [-0.1, -0.05) is 11.6 Å². The fourth-order valence-electron chi connectivity index (χ4n) is 3.19. The first kappa shape index (κ1) is 21.5. The Labute approximate surface area is 188 Å². The molecule has 2 heterocycles. The van der Waals surface area contributed by atoms with E-state index in [1.165, 1.54) is 12.1 Å². The standard InChI is InChI=1S/C20H18ClFN4O3S2/c21-17-13-16(5-6-18(17)22)31(28,29)24-15-3-1-14(2-4-15)19(27)25-8-10-26(11-9-25)20-23-7-12-30-20/h1-7,12-13,24H,8-11H2. The van der Waals surface area contributed by atoms with E-state index >= 15 is 0 Å². The highest BCUT2D eigenvalue weighted by Gasteiger charge is 2.23. The Hall–Kier alpha value is -2.69. The topological polar surface area (TPSA) is 82.6 Å². The third kappa shape index (κ3) is 4.81. The van der Waals surface area contributed by atoms with E-state index in [4.69, 9.17) is 11.6 Å². The zero-order chi connectivity index (χ0) is 22.0. The van der Waals surface area contributed by atoms with Gasteiger partial charge in [0.2, 0.25) is 0 Å². The van der Waals surface area contributed by atoms with Gasteiger partial charge in [-0.25, -0.2) is 17.8 Å². The number of hydrogen-bond acceptors (Lipinski definition) is 6. The number of piperazine rings is 1. The normalized spacial score (nSPS) is 14.5. The van der Waals surface area contributed by atoms with E-state index in [-0.39, 0.29) is 21.5 Å². The minimum absolute atomic E-state index is 0.112. The first-order chi connectivity index (χ1) is 14.8. The van der Waals surface area contributed by atoms with Crippen LogP contribution in [0.4, 0.5) is 15.2 Å². The number of carbonyl (C=O) groups is 1. The summed E-state index contributed by atoms with van der Waals surface area (Å²) in [4.78, 5) is 20.8. The molecule has 1 aliphatic heterocycles. The zero-order valence-corrected chi connectivity index (χ0v) is 18.6. The van der Waals surface area contributed by atoms with Crippen LogP contribution in [0, 0.1) is 5.82 Å². The Morgan fingerprint density at radius 3 is 2.42 bits per heavy atom. The molecule has 0 unspecified atom stereocenters. The summed E-state index contributed by atoms with van der Waals surface area (Å²) in [5.41, 5.74) is 0.751. The van der Waals surface area contributed by atoms with Gasteiger partial charge in [-0.05, 0) is 42.5 Å². The highest BCUT2D eigenvalue weighted by molar-refractivity contribution is 7.92. The minimum Gasteiger partial charge on any atom is -0.345 e. The molecule has 0 atom stereocenters. The van der Waals surface area contributed by atoms with Gasteiger partial charge in [0.1, 0.15) is 5.82 Å². The molecule has 0 saturated carbocycles. The van der Waals surface area contributed by atoms with Crippen molar-refractivity contribution < 1.29 is 17.6 Å². The quantitative estimate of drug-likeness (QED) is 0.602. The Bertz CT molecular complexity index is 1180. The fraction of sp³-hybridized carbons (Fsp3) is 0.200. The van der Waals surface area contributed by atoms with Gasteiger partial charge in [-0.15, -0.1) is 11.3 Å². The second kappa shape index (κ2) is 8.81. The van der Waals surface area contributed by atoms with Crippen LogP contribution in [-0.4, -0.2) is 50.4 Å². The van der Waals surface area contributed by atoms with E-state index in [1.54, 1.807) is 34.6 Å². The van der Waals surface area contributed by atoms with Crippen LogP contribution in [0.25, 0.3) is 0 Å². The van der Waals surface area contributed by atoms with Gasteiger partial charge >= 0.3 is 0 Å². The summed E-state index contributed by atoms with van der Waals surface area (Å²) < 4.78 is 40.7. The van der Waals surface area contributed by atoms with E-state index in [1.807, 2.05) is 5.38 Å². The van der Waals surface area contributed by atoms with Crippen molar-refractivity contribution in [2.24, 2.45) is 0 Å². The molecule has 4 rings (SSSR count). The second-order valence-corrected chi connectivity index (χ2v) is 9.82. The number of amides is 1. The number of benzene rings is 2. The lowest BCUT2D eigenvalue weighted by atomic mass is 10.1. The molecule has 1 saturated heterocycles. The van der Waals surface area contributed by atoms with Gasteiger partial charge in [-0.3, -0.25) is 9.52 Å². The number of anilines is 2. The van der Waals surface area contributed by atoms with Crippen molar-refractivity contribution in [1.82, 2.24) is 9.88 Å². The molecule has 11 heteroatoms. The number of sulfonamides is 1. The summed E-state index contributed by atoms with van der Waals surface area (Å²) >= 11 is 7.25. The highest BCUT2D eigenvalue weighted by Crippen LogP contribution is 2.23. The fourth-order valence-corrected chi connectivity index (χ4v) is 5.22. The number of thiazole rings is 1. The molecule has 7 nitrogen and oxygen atoms in total. The van der Waals surface area contributed by atoms with Gasteiger partial charge in [0, 0.05) is 49.0 Å². The maximum absolute atomic E-state index is 13.3. The van der Waals surface area contributed by atoms with Crippen LogP contribution < -0.4 is 9.62 Å². The number of nitrogens with zero attached hydrogens (tertiary/aromatic N) is 3. The Kier molecular flexibility index (Phi) is 6.12. The van der Waals surface area contributed by atoms with Crippen molar-refractivity contribution in [1.29, 1.82) is 0 Å². The summed E-state index contributed by atoms with van der Waals surface area (Å²) in [6, 6.07) is 9.35. The highest BCUT2D eigenvalue weighted by atomic mass is 35.5. The predicted octanol–water partition coefficient (Wildman–Crippen LogP) is 3.70. The van der Waals surface area contributed by atoms with Gasteiger partial charge < -0.3 is 9.80 Å². The van der Waals surface area contributed by atoms with E-state index in [2.05, 4.69) is 14.6 Å². The van der Waals surface area contributed by atoms with Crippen LogP contribution in [-0.2, 0) is 10.0 Å². The monoisotopic (exact) mass is 480 g/mol. The molecule has 3 aromatic rings. The number of rotatable bonds is 5. The molecular weight excluding hydrogens is 463 g/mol. The smallest absolute Gasteiger partial charge is 0.261 e. The maximum Gasteiger partial charge on any atom is 0.261 e. The molecule has 0 aliphatic carbocycles. The summed E-state index contributed by atoms with van der Waals surface area (Å²) in [7, 11) is -3.94. The minimum atomic E-state index is -3.94. The SMILES string of the molecule is O=C(c1ccc(NS(=O)(=O)c2ccc(F)c(Cl)c2)cc1)N1CCN(c2nccs2)CC1. The van der Waals surface area contributed by atoms with Crippen LogP contribution >= 0.6 is 22.9 Å². The largest absolute Gasteiger partial charge is 0.345 e. The Morgan fingerprint density at radius 1 is 1.10 bits per heavy atom.